The van der Waals surface area contributed by atoms with Gasteiger partial charge in [-0.2, -0.15) is 0 Å². The largest absolute Gasteiger partial charge is 0.392 e. The first-order chi connectivity index (χ1) is 8.45. The van der Waals surface area contributed by atoms with Crippen molar-refractivity contribution in [2.45, 2.75) is 13.3 Å². The zero-order valence-electron chi connectivity index (χ0n) is 9.95. The lowest BCUT2D eigenvalue weighted by atomic mass is 10.2. The molecule has 2 N–H and O–H groups in total. The van der Waals surface area contributed by atoms with Crippen LogP contribution in [0.5, 0.6) is 0 Å². The predicted octanol–water partition coefficient (Wildman–Crippen LogP) is 2.62. The van der Waals surface area contributed by atoms with Crippen molar-refractivity contribution in [1.82, 2.24) is 4.90 Å². The van der Waals surface area contributed by atoms with Crippen LogP contribution in [0, 0.1) is 5.82 Å². The van der Waals surface area contributed by atoms with Gasteiger partial charge in [0.2, 0.25) is 0 Å². The van der Waals surface area contributed by atoms with Crippen LogP contribution in [-0.2, 0) is 0 Å². The summed E-state index contributed by atoms with van der Waals surface area (Å²) in [5.41, 5.74) is 5.70. The summed E-state index contributed by atoms with van der Waals surface area (Å²) in [5, 5.41) is 0.0871. The number of thiocarbonyl (C=S) groups is 1. The van der Waals surface area contributed by atoms with Gasteiger partial charge in [0.15, 0.2) is 0 Å². The molecule has 1 amide bonds. The molecule has 0 heterocycles. The Balaban J connectivity index is 2.97. The van der Waals surface area contributed by atoms with Gasteiger partial charge in [-0.1, -0.05) is 30.7 Å². The number of carbonyl (C=O) groups is 1. The molecule has 0 spiro atoms. The van der Waals surface area contributed by atoms with E-state index < -0.39 is 5.82 Å². The van der Waals surface area contributed by atoms with Crippen molar-refractivity contribution in [3.63, 3.8) is 0 Å². The molecule has 1 aromatic carbocycles. The number of nitrogens with two attached hydrogens (primary N) is 1. The summed E-state index contributed by atoms with van der Waals surface area (Å²) in [7, 11) is 0. The van der Waals surface area contributed by atoms with E-state index >= 15 is 0 Å². The fourth-order valence-electron chi connectivity index (χ4n) is 1.54. The average Bonchev–Trinajstić information content (AvgIpc) is 2.27. The van der Waals surface area contributed by atoms with E-state index in [0.29, 0.717) is 6.54 Å². The highest BCUT2D eigenvalue weighted by atomic mass is 35.5. The fraction of sp³-hybridized carbons (Fsp3) is 0.333. The topological polar surface area (TPSA) is 46.3 Å². The third kappa shape index (κ3) is 3.92. The molecule has 18 heavy (non-hydrogen) atoms. The van der Waals surface area contributed by atoms with Crippen LogP contribution in [0.1, 0.15) is 23.7 Å². The average molecular weight is 289 g/mol. The van der Waals surface area contributed by atoms with Crippen molar-refractivity contribution >= 4 is 34.7 Å². The third-order valence-electron chi connectivity index (χ3n) is 2.29. The second-order valence-electron chi connectivity index (χ2n) is 3.82. The van der Waals surface area contributed by atoms with E-state index in [1.165, 1.54) is 17.0 Å². The van der Waals surface area contributed by atoms with E-state index in [-0.39, 0.29) is 28.0 Å². The molecule has 0 radical (unpaired) electrons. The smallest absolute Gasteiger partial charge is 0.255 e. The zero-order valence-corrected chi connectivity index (χ0v) is 11.5. The maximum absolute atomic E-state index is 12.9. The zero-order chi connectivity index (χ0) is 13.7. The third-order valence-corrected chi connectivity index (χ3v) is 2.73. The molecular formula is C12H14ClFN2OS. The van der Waals surface area contributed by atoms with Crippen molar-refractivity contribution in [3.8, 4) is 0 Å². The first-order valence-corrected chi connectivity index (χ1v) is 6.27. The van der Waals surface area contributed by atoms with E-state index in [1.807, 2.05) is 6.92 Å². The molecule has 0 aliphatic rings. The first kappa shape index (κ1) is 14.9. The Morgan fingerprint density at radius 1 is 1.56 bits per heavy atom. The van der Waals surface area contributed by atoms with Gasteiger partial charge in [-0.15, -0.1) is 0 Å². The molecule has 0 aliphatic heterocycles. The lowest BCUT2D eigenvalue weighted by Crippen LogP contribution is -2.38. The molecule has 1 aromatic rings. The number of carbonyl (C=O) groups excluding carboxylic acids is 1. The normalized spacial score (nSPS) is 10.2. The minimum Gasteiger partial charge on any atom is -0.392 e. The van der Waals surface area contributed by atoms with E-state index in [1.54, 1.807) is 0 Å². The molecule has 0 aromatic heterocycles. The Morgan fingerprint density at radius 3 is 2.72 bits per heavy atom. The van der Waals surface area contributed by atoms with Gasteiger partial charge in [-0.05, 0) is 24.6 Å². The van der Waals surface area contributed by atoms with Gasteiger partial charge in [0.05, 0.1) is 22.1 Å². The van der Waals surface area contributed by atoms with Crippen molar-refractivity contribution in [2.24, 2.45) is 5.73 Å². The van der Waals surface area contributed by atoms with Crippen molar-refractivity contribution in [2.75, 3.05) is 13.1 Å². The number of rotatable bonds is 5. The molecular weight excluding hydrogens is 275 g/mol. The van der Waals surface area contributed by atoms with Crippen LogP contribution in [0.15, 0.2) is 18.2 Å². The van der Waals surface area contributed by atoms with Crippen LogP contribution in [0.4, 0.5) is 4.39 Å². The summed E-state index contributed by atoms with van der Waals surface area (Å²) in [6.07, 6.45) is 0.771. The van der Waals surface area contributed by atoms with Crippen LogP contribution >= 0.6 is 23.8 Å². The van der Waals surface area contributed by atoms with Crippen molar-refractivity contribution < 1.29 is 9.18 Å². The standard InChI is InChI=1S/C12H14ClFN2OS/c1-2-5-16(7-11(15)18)12(17)9-4-3-8(14)6-10(9)13/h3-4,6H,2,5,7H2,1H3,(H2,15,18). The summed E-state index contributed by atoms with van der Waals surface area (Å²) in [5.74, 6) is -0.775. The fourth-order valence-corrected chi connectivity index (χ4v) is 1.95. The summed E-state index contributed by atoms with van der Waals surface area (Å²) < 4.78 is 12.9. The Labute approximate surface area is 116 Å². The molecule has 0 bridgehead atoms. The minimum absolute atomic E-state index is 0.0871. The molecule has 0 aliphatic carbocycles. The summed E-state index contributed by atoms with van der Waals surface area (Å²) in [4.78, 5) is 13.9. The Bertz CT molecular complexity index is 467. The van der Waals surface area contributed by atoms with Gasteiger partial charge in [-0.3, -0.25) is 4.79 Å². The van der Waals surface area contributed by atoms with Crippen LogP contribution < -0.4 is 5.73 Å². The van der Waals surface area contributed by atoms with Gasteiger partial charge in [0, 0.05) is 6.54 Å². The van der Waals surface area contributed by atoms with Crippen molar-refractivity contribution in [1.29, 1.82) is 0 Å². The van der Waals surface area contributed by atoms with Crippen LogP contribution in [-0.4, -0.2) is 28.9 Å². The summed E-state index contributed by atoms with van der Waals surface area (Å²) >= 11 is 10.7. The number of hydrogen-bond donors (Lipinski definition) is 1. The van der Waals surface area contributed by atoms with Gasteiger partial charge in [-0.25, -0.2) is 4.39 Å². The Hall–Kier alpha value is -1.20. The highest BCUT2D eigenvalue weighted by Gasteiger charge is 2.18. The summed E-state index contributed by atoms with van der Waals surface area (Å²) in [6.45, 7) is 2.64. The lowest BCUT2D eigenvalue weighted by molar-refractivity contribution is 0.0780. The molecule has 0 fully saturated rings. The van der Waals surface area contributed by atoms with Crippen molar-refractivity contribution in [3.05, 3.63) is 34.6 Å². The predicted molar refractivity (Wildman–Crippen MR) is 74.4 cm³/mol. The maximum atomic E-state index is 12.9. The van der Waals surface area contributed by atoms with E-state index in [9.17, 15) is 9.18 Å². The molecule has 0 saturated heterocycles. The Morgan fingerprint density at radius 2 is 2.22 bits per heavy atom. The molecule has 3 nitrogen and oxygen atoms in total. The van der Waals surface area contributed by atoms with Gasteiger partial charge in [0.25, 0.3) is 5.91 Å². The molecule has 0 saturated carbocycles. The van der Waals surface area contributed by atoms with E-state index in [0.717, 1.165) is 12.5 Å². The minimum atomic E-state index is -0.479. The van der Waals surface area contributed by atoms with Gasteiger partial charge in [0.1, 0.15) is 5.82 Å². The quantitative estimate of drug-likeness (QED) is 0.847. The van der Waals surface area contributed by atoms with Gasteiger partial charge < -0.3 is 10.6 Å². The monoisotopic (exact) mass is 288 g/mol. The number of amides is 1. The van der Waals surface area contributed by atoms with Crippen LogP contribution in [0.25, 0.3) is 0 Å². The lowest BCUT2D eigenvalue weighted by Gasteiger charge is -2.22. The SMILES string of the molecule is CCCN(CC(N)=S)C(=O)c1ccc(F)cc1Cl. The Kier molecular flexibility index (Phi) is 5.50. The first-order valence-electron chi connectivity index (χ1n) is 5.48. The highest BCUT2D eigenvalue weighted by molar-refractivity contribution is 7.80. The maximum Gasteiger partial charge on any atom is 0.255 e. The molecule has 0 atom stereocenters. The second kappa shape index (κ2) is 6.66. The van der Waals surface area contributed by atoms with Crippen LogP contribution in [0.3, 0.4) is 0 Å². The number of halogens is 2. The number of benzene rings is 1. The number of hydrogen-bond acceptors (Lipinski definition) is 2. The second-order valence-corrected chi connectivity index (χ2v) is 4.75. The molecule has 0 unspecified atom stereocenters. The molecule has 6 heteroatoms. The van der Waals surface area contributed by atoms with Crippen LogP contribution in [0.2, 0.25) is 5.02 Å². The molecule has 98 valence electrons. The molecule has 1 rings (SSSR count). The van der Waals surface area contributed by atoms with Gasteiger partial charge >= 0.3 is 0 Å². The van der Waals surface area contributed by atoms with E-state index in [2.05, 4.69) is 0 Å². The van der Waals surface area contributed by atoms with E-state index in [4.69, 9.17) is 29.6 Å². The highest BCUT2D eigenvalue weighted by Crippen LogP contribution is 2.19. The summed E-state index contributed by atoms with van der Waals surface area (Å²) in [6, 6.07) is 3.67. The number of nitrogens with zero attached hydrogens (tertiary/aromatic N) is 1.